The van der Waals surface area contributed by atoms with Gasteiger partial charge in [-0.3, -0.25) is 0 Å². The molecule has 1 N–H and O–H groups in total. The van der Waals surface area contributed by atoms with E-state index in [4.69, 9.17) is 4.98 Å². The van der Waals surface area contributed by atoms with Crippen LogP contribution in [-0.2, 0) is 13.1 Å². The number of benzene rings is 1. The van der Waals surface area contributed by atoms with E-state index in [-0.39, 0.29) is 0 Å². The second-order valence-electron chi connectivity index (χ2n) is 5.06. The molecule has 108 valence electrons. The zero-order chi connectivity index (χ0) is 14.5. The van der Waals surface area contributed by atoms with Crippen LogP contribution in [0.2, 0.25) is 0 Å². The van der Waals surface area contributed by atoms with Crippen LogP contribution in [0.3, 0.4) is 0 Å². The third-order valence-corrected chi connectivity index (χ3v) is 4.31. The summed E-state index contributed by atoms with van der Waals surface area (Å²) >= 11 is 1.81. The molecule has 2 rings (SSSR count). The van der Waals surface area contributed by atoms with Gasteiger partial charge in [0.1, 0.15) is 10.9 Å². The number of hydrogen-bond donors (Lipinski definition) is 1. The fraction of sp³-hybridized carbons (Fsp3) is 0.438. The standard InChI is InChI=1S/C16H23N3S/c1-5-19-14(11-17-4)18-15(12(2)3)16(19)20-13-9-7-6-8-10-13/h6-10,12,17H,5,11H2,1-4H3. The molecule has 3 nitrogen and oxygen atoms in total. The second kappa shape index (κ2) is 6.95. The molecule has 2 aromatic rings. The average molecular weight is 289 g/mol. The zero-order valence-corrected chi connectivity index (χ0v) is 13.5. The SMILES string of the molecule is CCn1c(CNC)nc(C(C)C)c1Sc1ccccc1. The van der Waals surface area contributed by atoms with E-state index in [1.165, 1.54) is 15.6 Å². The number of nitrogens with zero attached hydrogens (tertiary/aromatic N) is 2. The van der Waals surface area contributed by atoms with Crippen molar-refractivity contribution in [2.24, 2.45) is 0 Å². The van der Waals surface area contributed by atoms with Crippen molar-refractivity contribution in [3.8, 4) is 0 Å². The fourth-order valence-corrected chi connectivity index (χ4v) is 3.45. The lowest BCUT2D eigenvalue weighted by molar-refractivity contribution is 0.620. The summed E-state index contributed by atoms with van der Waals surface area (Å²) in [7, 11) is 1.97. The first-order chi connectivity index (χ1) is 9.67. The molecule has 0 radical (unpaired) electrons. The molecule has 0 saturated heterocycles. The minimum atomic E-state index is 0.435. The first kappa shape index (κ1) is 15.1. The maximum absolute atomic E-state index is 4.85. The Balaban J connectivity index is 2.43. The fourth-order valence-electron chi connectivity index (χ4n) is 2.21. The van der Waals surface area contributed by atoms with Gasteiger partial charge in [-0.15, -0.1) is 0 Å². The molecule has 0 saturated carbocycles. The summed E-state index contributed by atoms with van der Waals surface area (Å²) in [4.78, 5) is 6.11. The topological polar surface area (TPSA) is 29.9 Å². The van der Waals surface area contributed by atoms with E-state index in [1.54, 1.807) is 0 Å². The molecular formula is C16H23N3S. The third kappa shape index (κ3) is 3.25. The average Bonchev–Trinajstić information content (AvgIpc) is 2.78. The van der Waals surface area contributed by atoms with Gasteiger partial charge in [0.15, 0.2) is 0 Å². The number of nitrogens with one attached hydrogen (secondary N) is 1. The van der Waals surface area contributed by atoms with E-state index in [1.807, 2.05) is 18.8 Å². The van der Waals surface area contributed by atoms with Crippen LogP contribution in [0.15, 0.2) is 40.3 Å². The Hall–Kier alpha value is -1.26. The molecule has 20 heavy (non-hydrogen) atoms. The van der Waals surface area contributed by atoms with Crippen LogP contribution >= 0.6 is 11.8 Å². The molecule has 1 aromatic carbocycles. The Kier molecular flexibility index (Phi) is 5.26. The first-order valence-electron chi connectivity index (χ1n) is 7.14. The molecule has 0 aliphatic carbocycles. The van der Waals surface area contributed by atoms with Gasteiger partial charge in [-0.05, 0) is 32.0 Å². The lowest BCUT2D eigenvalue weighted by atomic mass is 10.1. The molecule has 0 spiro atoms. The normalized spacial score (nSPS) is 11.2. The third-order valence-electron chi connectivity index (χ3n) is 3.18. The van der Waals surface area contributed by atoms with Crippen molar-refractivity contribution in [3.63, 3.8) is 0 Å². The van der Waals surface area contributed by atoms with Gasteiger partial charge in [-0.25, -0.2) is 4.98 Å². The van der Waals surface area contributed by atoms with Crippen LogP contribution in [-0.4, -0.2) is 16.6 Å². The first-order valence-corrected chi connectivity index (χ1v) is 7.95. The Labute approximate surface area is 125 Å². The van der Waals surface area contributed by atoms with E-state index in [9.17, 15) is 0 Å². The summed E-state index contributed by atoms with van der Waals surface area (Å²) in [5.41, 5.74) is 1.20. The summed E-state index contributed by atoms with van der Waals surface area (Å²) in [5.74, 6) is 1.56. The lowest BCUT2D eigenvalue weighted by Gasteiger charge is -2.11. The van der Waals surface area contributed by atoms with Crippen molar-refractivity contribution in [3.05, 3.63) is 41.9 Å². The molecule has 0 atom stereocenters. The molecular weight excluding hydrogens is 266 g/mol. The van der Waals surface area contributed by atoms with Gasteiger partial charge in [0.25, 0.3) is 0 Å². The van der Waals surface area contributed by atoms with Crippen LogP contribution < -0.4 is 5.32 Å². The van der Waals surface area contributed by atoms with Crippen LogP contribution in [0.1, 0.15) is 38.2 Å². The number of aromatic nitrogens is 2. The predicted molar refractivity (Wildman–Crippen MR) is 85.3 cm³/mol. The van der Waals surface area contributed by atoms with Crippen LogP contribution in [0, 0.1) is 0 Å². The maximum atomic E-state index is 4.85. The van der Waals surface area contributed by atoms with Crippen molar-refractivity contribution in [1.29, 1.82) is 0 Å². The molecule has 0 aliphatic rings. The summed E-state index contributed by atoms with van der Waals surface area (Å²) in [5, 5.41) is 4.49. The lowest BCUT2D eigenvalue weighted by Crippen LogP contribution is -2.12. The summed E-state index contributed by atoms with van der Waals surface area (Å²) in [6, 6.07) is 10.5. The molecule has 0 aliphatic heterocycles. The maximum Gasteiger partial charge on any atom is 0.123 e. The number of imidazole rings is 1. The summed E-state index contributed by atoms with van der Waals surface area (Å²) < 4.78 is 2.32. The van der Waals surface area contributed by atoms with Gasteiger partial charge in [-0.1, -0.05) is 43.8 Å². The molecule has 0 bridgehead atoms. The molecule has 0 fully saturated rings. The molecule has 0 amide bonds. The Bertz CT molecular complexity index is 546. The largest absolute Gasteiger partial charge is 0.322 e. The van der Waals surface area contributed by atoms with Crippen molar-refractivity contribution in [2.45, 2.75) is 49.7 Å². The van der Waals surface area contributed by atoms with Gasteiger partial charge in [0.2, 0.25) is 0 Å². The van der Waals surface area contributed by atoms with Gasteiger partial charge >= 0.3 is 0 Å². The highest BCUT2D eigenvalue weighted by atomic mass is 32.2. The van der Waals surface area contributed by atoms with Crippen LogP contribution in [0.25, 0.3) is 0 Å². The quantitative estimate of drug-likeness (QED) is 0.874. The Morgan fingerprint density at radius 2 is 1.95 bits per heavy atom. The smallest absolute Gasteiger partial charge is 0.123 e. The molecule has 1 aromatic heterocycles. The molecule has 0 unspecified atom stereocenters. The van der Waals surface area contributed by atoms with E-state index in [0.29, 0.717) is 5.92 Å². The Morgan fingerprint density at radius 1 is 1.25 bits per heavy atom. The van der Waals surface area contributed by atoms with Crippen molar-refractivity contribution >= 4 is 11.8 Å². The summed E-state index contributed by atoms with van der Waals surface area (Å²) in [6.45, 7) is 8.36. The van der Waals surface area contributed by atoms with E-state index >= 15 is 0 Å². The zero-order valence-electron chi connectivity index (χ0n) is 12.7. The highest BCUT2D eigenvalue weighted by molar-refractivity contribution is 7.99. The highest BCUT2D eigenvalue weighted by Crippen LogP contribution is 2.34. The van der Waals surface area contributed by atoms with Gasteiger partial charge in [-0.2, -0.15) is 0 Å². The minimum Gasteiger partial charge on any atom is -0.322 e. The van der Waals surface area contributed by atoms with Gasteiger partial charge in [0, 0.05) is 11.4 Å². The monoisotopic (exact) mass is 289 g/mol. The number of hydrogen-bond acceptors (Lipinski definition) is 3. The minimum absolute atomic E-state index is 0.435. The van der Waals surface area contributed by atoms with Crippen molar-refractivity contribution in [2.75, 3.05) is 7.05 Å². The van der Waals surface area contributed by atoms with Crippen molar-refractivity contribution in [1.82, 2.24) is 14.9 Å². The number of rotatable bonds is 6. The van der Waals surface area contributed by atoms with E-state index < -0.39 is 0 Å². The van der Waals surface area contributed by atoms with E-state index in [2.05, 4.69) is 61.0 Å². The second-order valence-corrected chi connectivity index (χ2v) is 6.13. The van der Waals surface area contributed by atoms with E-state index in [0.717, 1.165) is 18.9 Å². The van der Waals surface area contributed by atoms with Crippen molar-refractivity contribution < 1.29 is 0 Å². The van der Waals surface area contributed by atoms with Gasteiger partial charge < -0.3 is 9.88 Å². The molecule has 4 heteroatoms. The molecule has 1 heterocycles. The van der Waals surface area contributed by atoms with Gasteiger partial charge in [0.05, 0.1) is 12.2 Å². The predicted octanol–water partition coefficient (Wildman–Crippen LogP) is 3.90. The highest BCUT2D eigenvalue weighted by Gasteiger charge is 2.19. The van der Waals surface area contributed by atoms with Crippen LogP contribution in [0.4, 0.5) is 0 Å². The van der Waals surface area contributed by atoms with Crippen LogP contribution in [0.5, 0.6) is 0 Å². The summed E-state index contributed by atoms with van der Waals surface area (Å²) in [6.07, 6.45) is 0. The Morgan fingerprint density at radius 3 is 2.50 bits per heavy atom.